The Morgan fingerprint density at radius 3 is 2.70 bits per heavy atom. The van der Waals surface area contributed by atoms with E-state index in [9.17, 15) is 14.0 Å². The van der Waals surface area contributed by atoms with E-state index in [4.69, 9.17) is 5.73 Å². The molecular formula is C15H16FN5O2. The number of fused-ring (bicyclic) bond motifs is 2. The van der Waals surface area contributed by atoms with E-state index in [1.54, 1.807) is 0 Å². The molecule has 0 saturated heterocycles. The maximum absolute atomic E-state index is 14.1. The van der Waals surface area contributed by atoms with E-state index in [1.165, 1.54) is 12.1 Å². The number of nitrogens with two attached hydrogens (primary N) is 1. The SMILES string of the molecule is NC(=O)C1CC2CC(NC(=O)c3cc4n[nH]nc4cc3F)C2C1. The summed E-state index contributed by atoms with van der Waals surface area (Å²) in [6.45, 7) is 0. The molecule has 2 aliphatic rings. The molecule has 2 saturated carbocycles. The Balaban J connectivity index is 1.48. The lowest BCUT2D eigenvalue weighted by Gasteiger charge is -2.40. The van der Waals surface area contributed by atoms with Gasteiger partial charge < -0.3 is 11.1 Å². The summed E-state index contributed by atoms with van der Waals surface area (Å²) in [5, 5.41) is 12.9. The first-order valence-corrected chi connectivity index (χ1v) is 7.63. The summed E-state index contributed by atoms with van der Waals surface area (Å²) in [5.41, 5.74) is 6.14. The van der Waals surface area contributed by atoms with E-state index in [1.807, 2.05) is 0 Å². The van der Waals surface area contributed by atoms with Crippen molar-refractivity contribution in [3.05, 3.63) is 23.5 Å². The third-order valence-electron chi connectivity index (χ3n) is 5.19. The van der Waals surface area contributed by atoms with Gasteiger partial charge in [0.2, 0.25) is 5.91 Å². The van der Waals surface area contributed by atoms with Gasteiger partial charge in [-0.2, -0.15) is 15.4 Å². The summed E-state index contributed by atoms with van der Waals surface area (Å²) < 4.78 is 14.1. The lowest BCUT2D eigenvalue weighted by molar-refractivity contribution is -0.121. The van der Waals surface area contributed by atoms with Crippen LogP contribution < -0.4 is 11.1 Å². The van der Waals surface area contributed by atoms with Crippen LogP contribution in [-0.2, 0) is 4.79 Å². The molecule has 4 atom stereocenters. The Bertz CT molecular complexity index is 804. The minimum Gasteiger partial charge on any atom is -0.369 e. The molecule has 1 aromatic heterocycles. The fourth-order valence-corrected chi connectivity index (χ4v) is 3.91. The van der Waals surface area contributed by atoms with Crippen molar-refractivity contribution in [1.82, 2.24) is 20.7 Å². The molecule has 2 fully saturated rings. The van der Waals surface area contributed by atoms with E-state index in [0.29, 0.717) is 23.4 Å². The second-order valence-corrected chi connectivity index (χ2v) is 6.45. The molecule has 2 amide bonds. The molecule has 0 bridgehead atoms. The van der Waals surface area contributed by atoms with Gasteiger partial charge in [-0.05, 0) is 37.2 Å². The minimum absolute atomic E-state index is 0.0238. The molecule has 0 aliphatic heterocycles. The normalized spacial score (nSPS) is 29.1. The van der Waals surface area contributed by atoms with Crippen molar-refractivity contribution < 1.29 is 14.0 Å². The number of hydrogen-bond donors (Lipinski definition) is 3. The highest BCUT2D eigenvalue weighted by atomic mass is 19.1. The number of H-pyrrole nitrogens is 1. The molecule has 120 valence electrons. The van der Waals surface area contributed by atoms with Gasteiger partial charge in [0.05, 0.1) is 5.56 Å². The number of halogens is 1. The zero-order chi connectivity index (χ0) is 16.1. The Morgan fingerprint density at radius 2 is 1.96 bits per heavy atom. The second kappa shape index (κ2) is 5.00. The van der Waals surface area contributed by atoms with E-state index >= 15 is 0 Å². The van der Waals surface area contributed by atoms with Crippen molar-refractivity contribution in [2.75, 3.05) is 0 Å². The van der Waals surface area contributed by atoms with Crippen molar-refractivity contribution in [2.45, 2.75) is 25.3 Å². The summed E-state index contributed by atoms with van der Waals surface area (Å²) in [6.07, 6.45) is 2.31. The zero-order valence-electron chi connectivity index (χ0n) is 12.3. The second-order valence-electron chi connectivity index (χ2n) is 6.45. The first-order chi connectivity index (χ1) is 11.0. The number of nitrogens with zero attached hydrogens (tertiary/aromatic N) is 2. The first-order valence-electron chi connectivity index (χ1n) is 7.63. The standard InChI is InChI=1S/C15H16FN5O2/c16-10-5-13-12(19-21-20-13)4-9(10)15(23)18-11-3-6-1-7(14(17)22)2-8(6)11/h4-8,11H,1-3H2,(H2,17,22)(H,18,23)(H,19,20,21). The van der Waals surface area contributed by atoms with E-state index < -0.39 is 11.7 Å². The average Bonchev–Trinajstić information content (AvgIpc) is 3.07. The number of carbonyl (C=O) groups is 2. The van der Waals surface area contributed by atoms with Gasteiger partial charge in [-0.15, -0.1) is 0 Å². The summed E-state index contributed by atoms with van der Waals surface area (Å²) in [6, 6.07) is 2.56. The predicted octanol–water partition coefficient (Wildman–Crippen LogP) is 0.727. The highest BCUT2D eigenvalue weighted by Crippen LogP contribution is 2.49. The Labute approximate surface area is 130 Å². The molecule has 4 rings (SSSR count). The van der Waals surface area contributed by atoms with E-state index in [2.05, 4.69) is 20.7 Å². The monoisotopic (exact) mass is 317 g/mol. The van der Waals surface area contributed by atoms with Crippen LogP contribution in [0.2, 0.25) is 0 Å². The number of rotatable bonds is 3. The predicted molar refractivity (Wildman–Crippen MR) is 78.6 cm³/mol. The van der Waals surface area contributed by atoms with E-state index in [0.717, 1.165) is 12.8 Å². The number of benzene rings is 1. The molecule has 0 radical (unpaired) electrons. The maximum atomic E-state index is 14.1. The van der Waals surface area contributed by atoms with Crippen molar-refractivity contribution in [2.24, 2.45) is 23.5 Å². The smallest absolute Gasteiger partial charge is 0.254 e. The molecule has 7 nitrogen and oxygen atoms in total. The number of amides is 2. The molecule has 1 heterocycles. The van der Waals surface area contributed by atoms with Crippen LogP contribution in [0, 0.1) is 23.6 Å². The lowest BCUT2D eigenvalue weighted by Crippen LogP contribution is -2.50. The first kappa shape index (κ1) is 14.1. The van der Waals surface area contributed by atoms with Crippen molar-refractivity contribution in [3.8, 4) is 0 Å². The highest BCUT2D eigenvalue weighted by Gasteiger charge is 2.49. The summed E-state index contributed by atoms with van der Waals surface area (Å²) in [7, 11) is 0. The third kappa shape index (κ3) is 2.25. The zero-order valence-corrected chi connectivity index (χ0v) is 12.3. The maximum Gasteiger partial charge on any atom is 0.254 e. The number of primary amides is 1. The van der Waals surface area contributed by atoms with Crippen molar-refractivity contribution in [1.29, 1.82) is 0 Å². The average molecular weight is 317 g/mol. The Morgan fingerprint density at radius 1 is 1.22 bits per heavy atom. The molecule has 2 aromatic rings. The molecule has 23 heavy (non-hydrogen) atoms. The van der Waals surface area contributed by atoms with Crippen LogP contribution in [0.15, 0.2) is 12.1 Å². The fourth-order valence-electron chi connectivity index (χ4n) is 3.91. The fraction of sp³-hybridized carbons (Fsp3) is 0.467. The summed E-state index contributed by atoms with van der Waals surface area (Å²) in [4.78, 5) is 23.6. The van der Waals surface area contributed by atoms with Crippen LogP contribution in [0.5, 0.6) is 0 Å². The Hall–Kier alpha value is -2.51. The van der Waals surface area contributed by atoms with Gasteiger partial charge >= 0.3 is 0 Å². The van der Waals surface area contributed by atoms with Crippen LogP contribution in [0.3, 0.4) is 0 Å². The van der Waals surface area contributed by atoms with E-state index in [-0.39, 0.29) is 29.3 Å². The number of nitrogens with one attached hydrogen (secondary N) is 2. The molecule has 0 spiro atoms. The van der Waals surface area contributed by atoms with Crippen molar-refractivity contribution >= 4 is 22.8 Å². The van der Waals surface area contributed by atoms with Gasteiger partial charge in [0.1, 0.15) is 16.9 Å². The van der Waals surface area contributed by atoms with Gasteiger partial charge in [-0.3, -0.25) is 9.59 Å². The van der Waals surface area contributed by atoms with Gasteiger partial charge in [0.25, 0.3) is 5.91 Å². The highest BCUT2D eigenvalue weighted by molar-refractivity contribution is 5.97. The molecule has 1 aromatic carbocycles. The topological polar surface area (TPSA) is 114 Å². The van der Waals surface area contributed by atoms with Crippen LogP contribution >= 0.6 is 0 Å². The third-order valence-corrected chi connectivity index (χ3v) is 5.19. The summed E-state index contributed by atoms with van der Waals surface area (Å²) in [5.74, 6) is -0.766. The minimum atomic E-state index is -0.624. The lowest BCUT2D eigenvalue weighted by atomic mass is 9.71. The van der Waals surface area contributed by atoms with Gasteiger partial charge in [0, 0.05) is 18.0 Å². The number of carbonyl (C=O) groups excluding carboxylic acids is 2. The molecule has 4 N–H and O–H groups in total. The molecule has 2 aliphatic carbocycles. The van der Waals surface area contributed by atoms with Crippen LogP contribution in [-0.4, -0.2) is 33.3 Å². The van der Waals surface area contributed by atoms with Gasteiger partial charge in [0.15, 0.2) is 0 Å². The van der Waals surface area contributed by atoms with Crippen molar-refractivity contribution in [3.63, 3.8) is 0 Å². The summed E-state index contributed by atoms with van der Waals surface area (Å²) >= 11 is 0. The van der Waals surface area contributed by atoms with Crippen LogP contribution in [0.25, 0.3) is 11.0 Å². The quantitative estimate of drug-likeness (QED) is 0.774. The number of aromatic amines is 1. The molecule has 8 heteroatoms. The Kier molecular flexibility index (Phi) is 3.07. The van der Waals surface area contributed by atoms with Crippen LogP contribution in [0.1, 0.15) is 29.6 Å². The molecular weight excluding hydrogens is 301 g/mol. The largest absolute Gasteiger partial charge is 0.369 e. The van der Waals surface area contributed by atoms with Gasteiger partial charge in [-0.25, -0.2) is 4.39 Å². The van der Waals surface area contributed by atoms with Crippen LogP contribution in [0.4, 0.5) is 4.39 Å². The van der Waals surface area contributed by atoms with Gasteiger partial charge in [-0.1, -0.05) is 0 Å². The number of aromatic nitrogens is 3. The number of hydrogen-bond acceptors (Lipinski definition) is 4. The molecule has 4 unspecified atom stereocenters.